The predicted octanol–water partition coefficient (Wildman–Crippen LogP) is 3.14. The van der Waals surface area contributed by atoms with Crippen molar-refractivity contribution in [1.29, 1.82) is 0 Å². The summed E-state index contributed by atoms with van der Waals surface area (Å²) in [6, 6.07) is 13.8. The van der Waals surface area contributed by atoms with Crippen molar-refractivity contribution in [2.45, 2.75) is 19.3 Å². The van der Waals surface area contributed by atoms with E-state index in [4.69, 9.17) is 23.1 Å². The second-order valence-electron chi connectivity index (χ2n) is 5.59. The molecule has 0 atom stereocenters. The monoisotopic (exact) mass is 340 g/mol. The van der Waals surface area contributed by atoms with Crippen LogP contribution in [0.5, 0.6) is 0 Å². The number of nitrogens with zero attached hydrogens (tertiary/aromatic N) is 2. The number of benzene rings is 2. The number of fused-ring (bicyclic) bond motifs is 1. The summed E-state index contributed by atoms with van der Waals surface area (Å²) >= 11 is 6.34. The number of hydrogen-bond acceptors (Lipinski definition) is 4. The molecule has 3 aromatic rings. The molecule has 2 aromatic carbocycles. The zero-order valence-corrected chi connectivity index (χ0v) is 13.8. The Balaban J connectivity index is 1.91. The van der Waals surface area contributed by atoms with Gasteiger partial charge >= 0.3 is 0 Å². The van der Waals surface area contributed by atoms with Gasteiger partial charge in [-0.3, -0.25) is 4.79 Å². The summed E-state index contributed by atoms with van der Waals surface area (Å²) < 4.78 is 0. The lowest BCUT2D eigenvalue weighted by atomic mass is 10.0. The van der Waals surface area contributed by atoms with Crippen LogP contribution in [0.2, 0.25) is 5.02 Å². The van der Waals surface area contributed by atoms with Crippen LogP contribution in [-0.4, -0.2) is 16.1 Å². The van der Waals surface area contributed by atoms with Gasteiger partial charge < -0.3 is 11.5 Å². The topological polar surface area (TPSA) is 94.9 Å². The SMILES string of the molecule is NC(=O)c1nnc2c(CCCc3ccccc3)c(Cl)ccc2c1N. The van der Waals surface area contributed by atoms with Gasteiger partial charge in [0, 0.05) is 10.4 Å². The van der Waals surface area contributed by atoms with Crippen LogP contribution in [0.3, 0.4) is 0 Å². The van der Waals surface area contributed by atoms with Crippen molar-refractivity contribution in [2.75, 3.05) is 5.73 Å². The van der Waals surface area contributed by atoms with E-state index in [1.165, 1.54) is 5.56 Å². The number of aryl methyl sites for hydroxylation is 2. The van der Waals surface area contributed by atoms with Gasteiger partial charge in [-0.1, -0.05) is 41.9 Å². The molecule has 0 aliphatic heterocycles. The quantitative estimate of drug-likeness (QED) is 0.745. The number of nitrogens with two attached hydrogens (primary N) is 2. The Bertz CT molecular complexity index is 896. The highest BCUT2D eigenvalue weighted by molar-refractivity contribution is 6.32. The first kappa shape index (κ1) is 16.2. The second kappa shape index (κ2) is 6.84. The van der Waals surface area contributed by atoms with E-state index in [9.17, 15) is 4.79 Å². The Morgan fingerprint density at radius 1 is 1.04 bits per heavy atom. The Kier molecular flexibility index (Phi) is 4.62. The smallest absolute Gasteiger partial charge is 0.271 e. The lowest BCUT2D eigenvalue weighted by Gasteiger charge is -2.10. The van der Waals surface area contributed by atoms with Crippen molar-refractivity contribution in [2.24, 2.45) is 5.73 Å². The van der Waals surface area contributed by atoms with Crippen LogP contribution in [0.1, 0.15) is 28.0 Å². The second-order valence-corrected chi connectivity index (χ2v) is 5.99. The molecule has 0 saturated heterocycles. The molecule has 0 fully saturated rings. The van der Waals surface area contributed by atoms with Crippen molar-refractivity contribution < 1.29 is 4.79 Å². The third-order valence-corrected chi connectivity index (χ3v) is 4.34. The zero-order chi connectivity index (χ0) is 17.1. The van der Waals surface area contributed by atoms with Crippen molar-refractivity contribution in [3.05, 3.63) is 64.3 Å². The fourth-order valence-electron chi connectivity index (χ4n) is 2.76. The van der Waals surface area contributed by atoms with Gasteiger partial charge in [-0.25, -0.2) is 0 Å². The van der Waals surface area contributed by atoms with E-state index in [2.05, 4.69) is 22.3 Å². The number of carbonyl (C=O) groups excluding carboxylic acids is 1. The average Bonchev–Trinajstić information content (AvgIpc) is 2.57. The Hall–Kier alpha value is -2.66. The van der Waals surface area contributed by atoms with E-state index in [1.54, 1.807) is 12.1 Å². The molecule has 0 unspecified atom stereocenters. The Morgan fingerprint density at radius 2 is 1.79 bits per heavy atom. The summed E-state index contributed by atoms with van der Waals surface area (Å²) in [6.45, 7) is 0. The minimum Gasteiger partial charge on any atom is -0.396 e. The van der Waals surface area contributed by atoms with Gasteiger partial charge in [0.2, 0.25) is 0 Å². The van der Waals surface area contributed by atoms with Gasteiger partial charge in [-0.05, 0) is 42.5 Å². The number of halogens is 1. The number of primary amides is 1. The van der Waals surface area contributed by atoms with Crippen LogP contribution < -0.4 is 11.5 Å². The van der Waals surface area contributed by atoms with Crippen LogP contribution >= 0.6 is 11.6 Å². The third kappa shape index (κ3) is 3.16. The maximum absolute atomic E-state index is 11.4. The zero-order valence-electron chi connectivity index (χ0n) is 13.0. The Labute approximate surface area is 144 Å². The van der Waals surface area contributed by atoms with Crippen molar-refractivity contribution >= 4 is 34.1 Å². The van der Waals surface area contributed by atoms with Crippen LogP contribution in [0.4, 0.5) is 5.69 Å². The van der Waals surface area contributed by atoms with Crippen molar-refractivity contribution in [3.8, 4) is 0 Å². The fourth-order valence-corrected chi connectivity index (χ4v) is 3.01. The number of anilines is 1. The summed E-state index contributed by atoms with van der Waals surface area (Å²) in [4.78, 5) is 11.4. The third-order valence-electron chi connectivity index (χ3n) is 3.99. The maximum Gasteiger partial charge on any atom is 0.271 e. The molecule has 0 saturated carbocycles. The van der Waals surface area contributed by atoms with E-state index in [1.807, 2.05) is 18.2 Å². The van der Waals surface area contributed by atoms with Gasteiger partial charge in [0.05, 0.1) is 11.2 Å². The van der Waals surface area contributed by atoms with Gasteiger partial charge in [0.1, 0.15) is 0 Å². The fraction of sp³-hybridized carbons (Fsp3) is 0.167. The summed E-state index contributed by atoms with van der Waals surface area (Å²) in [7, 11) is 0. The van der Waals surface area contributed by atoms with E-state index >= 15 is 0 Å². The number of rotatable bonds is 5. The number of hydrogen-bond donors (Lipinski definition) is 2. The molecule has 1 heterocycles. The summed E-state index contributed by atoms with van der Waals surface area (Å²) in [6.07, 6.45) is 2.60. The van der Waals surface area contributed by atoms with Gasteiger partial charge in [-0.2, -0.15) is 0 Å². The first-order valence-corrected chi connectivity index (χ1v) is 8.02. The van der Waals surface area contributed by atoms with E-state index < -0.39 is 5.91 Å². The van der Waals surface area contributed by atoms with Crippen LogP contribution in [0.15, 0.2) is 42.5 Å². The summed E-state index contributed by atoms with van der Waals surface area (Å²) in [5.74, 6) is -0.692. The van der Waals surface area contributed by atoms with E-state index in [0.717, 1.165) is 24.8 Å². The first-order valence-electron chi connectivity index (χ1n) is 7.65. The minimum absolute atomic E-state index is 0.0138. The number of aromatic nitrogens is 2. The van der Waals surface area contributed by atoms with Crippen molar-refractivity contribution in [3.63, 3.8) is 0 Å². The van der Waals surface area contributed by atoms with Gasteiger partial charge in [0.15, 0.2) is 5.69 Å². The molecule has 1 amide bonds. The molecule has 1 aromatic heterocycles. The average molecular weight is 341 g/mol. The minimum atomic E-state index is -0.692. The molecule has 24 heavy (non-hydrogen) atoms. The lowest BCUT2D eigenvalue weighted by molar-refractivity contribution is 0.0996. The highest BCUT2D eigenvalue weighted by Gasteiger charge is 2.16. The summed E-state index contributed by atoms with van der Waals surface area (Å²) in [5, 5.41) is 9.27. The molecule has 5 nitrogen and oxygen atoms in total. The molecule has 0 radical (unpaired) electrons. The van der Waals surface area contributed by atoms with E-state index in [0.29, 0.717) is 15.9 Å². The maximum atomic E-state index is 11.4. The molecular formula is C18H17ClN4O. The molecule has 6 heteroatoms. The highest BCUT2D eigenvalue weighted by Crippen LogP contribution is 2.30. The van der Waals surface area contributed by atoms with Gasteiger partial charge in [-0.15, -0.1) is 10.2 Å². The van der Waals surface area contributed by atoms with Crippen molar-refractivity contribution in [1.82, 2.24) is 10.2 Å². The standard InChI is InChI=1S/C18H17ClN4O/c19-14-10-9-13-15(20)17(18(21)24)23-22-16(13)12(14)8-4-7-11-5-2-1-3-6-11/h1-3,5-6,9-10H,4,7-8H2,(H2,20,22)(H2,21,24). The molecule has 0 spiro atoms. The largest absolute Gasteiger partial charge is 0.396 e. The molecule has 0 bridgehead atoms. The summed E-state index contributed by atoms with van der Waals surface area (Å²) in [5.41, 5.74) is 14.3. The Morgan fingerprint density at radius 3 is 2.50 bits per heavy atom. The van der Waals surface area contributed by atoms with Crippen LogP contribution in [0, 0.1) is 0 Å². The van der Waals surface area contributed by atoms with E-state index in [-0.39, 0.29) is 11.4 Å². The first-order chi connectivity index (χ1) is 11.6. The lowest BCUT2D eigenvalue weighted by Crippen LogP contribution is -2.17. The van der Waals surface area contributed by atoms with Gasteiger partial charge in [0.25, 0.3) is 5.91 Å². The van der Waals surface area contributed by atoms with Crippen LogP contribution in [-0.2, 0) is 12.8 Å². The number of nitrogen functional groups attached to an aromatic ring is 1. The number of amides is 1. The number of carbonyl (C=O) groups is 1. The molecular weight excluding hydrogens is 324 g/mol. The highest BCUT2D eigenvalue weighted by atomic mass is 35.5. The van der Waals surface area contributed by atoms with Crippen LogP contribution in [0.25, 0.3) is 10.9 Å². The normalized spacial score (nSPS) is 10.9. The predicted molar refractivity (Wildman–Crippen MR) is 95.9 cm³/mol. The molecule has 122 valence electrons. The molecule has 4 N–H and O–H groups in total. The molecule has 0 aliphatic carbocycles. The molecule has 3 rings (SSSR count). The molecule has 0 aliphatic rings.